The molecule has 0 aliphatic carbocycles. The van der Waals surface area contributed by atoms with Crippen LogP contribution in [0.25, 0.3) is 0 Å². The van der Waals surface area contributed by atoms with E-state index in [9.17, 15) is 14.4 Å². The lowest BCUT2D eigenvalue weighted by molar-refractivity contribution is -0.129. The number of rotatable bonds is 6. The Morgan fingerprint density at radius 3 is 2.46 bits per heavy atom. The van der Waals surface area contributed by atoms with E-state index in [1.54, 1.807) is 36.1 Å². The largest absolute Gasteiger partial charge is 0.462 e. The van der Waals surface area contributed by atoms with Crippen molar-refractivity contribution in [2.75, 3.05) is 18.5 Å². The summed E-state index contributed by atoms with van der Waals surface area (Å²) in [5, 5.41) is 2.83. The molecule has 0 aromatic heterocycles. The number of carbonyl (C=O) groups is 3. The Kier molecular flexibility index (Phi) is 6.09. The molecule has 0 spiro atoms. The molecule has 1 fully saturated rings. The number of likely N-dealkylation sites (tertiary alicyclic amines) is 1. The Hall–Kier alpha value is -3.15. The van der Waals surface area contributed by atoms with Crippen LogP contribution in [0.5, 0.6) is 0 Å². The Bertz CT molecular complexity index is 849. The average Bonchev–Trinajstić information content (AvgIpc) is 3.10. The van der Waals surface area contributed by atoms with Crippen LogP contribution in [0.2, 0.25) is 0 Å². The minimum atomic E-state index is -0.400. The van der Waals surface area contributed by atoms with E-state index in [1.165, 1.54) is 0 Å². The van der Waals surface area contributed by atoms with Gasteiger partial charge in [0.05, 0.1) is 24.1 Å². The second-order valence-electron chi connectivity index (χ2n) is 6.82. The number of nitrogens with one attached hydrogen (secondary N) is 1. The molecule has 0 unspecified atom stereocenters. The molecule has 0 bridgehead atoms. The molecule has 2 amide bonds. The number of ether oxygens (including phenoxy) is 1. The van der Waals surface area contributed by atoms with Gasteiger partial charge in [-0.25, -0.2) is 4.79 Å². The van der Waals surface area contributed by atoms with Crippen molar-refractivity contribution in [1.82, 2.24) is 4.90 Å². The van der Waals surface area contributed by atoms with Crippen molar-refractivity contribution in [2.45, 2.75) is 26.3 Å². The minimum Gasteiger partial charge on any atom is -0.462 e. The molecule has 1 heterocycles. The molecule has 0 radical (unpaired) electrons. The first-order chi connectivity index (χ1) is 13.5. The first-order valence-electron chi connectivity index (χ1n) is 9.42. The summed E-state index contributed by atoms with van der Waals surface area (Å²) in [6, 6.07) is 16.2. The molecule has 2 aromatic rings. The highest BCUT2D eigenvalue weighted by Crippen LogP contribution is 2.29. The van der Waals surface area contributed by atoms with Crippen LogP contribution < -0.4 is 5.32 Å². The Labute approximate surface area is 164 Å². The predicted molar refractivity (Wildman–Crippen MR) is 106 cm³/mol. The molecule has 28 heavy (non-hydrogen) atoms. The second-order valence-corrected chi connectivity index (χ2v) is 6.82. The standard InChI is InChI=1S/C22H24N2O4/c1-3-28-22(27)17-9-11-19(12-10-17)23-21(26)18-13-20(25)24(14-18)15(2)16-7-5-4-6-8-16/h4-12,15,18H,3,13-14H2,1-2H3,(H,23,26)/t15-,18-/m1/s1. The van der Waals surface area contributed by atoms with Gasteiger partial charge in [-0.1, -0.05) is 30.3 Å². The van der Waals surface area contributed by atoms with Gasteiger partial charge in [0.15, 0.2) is 0 Å². The lowest BCUT2D eigenvalue weighted by atomic mass is 10.1. The topological polar surface area (TPSA) is 75.7 Å². The van der Waals surface area contributed by atoms with Crippen LogP contribution in [0.1, 0.15) is 42.2 Å². The zero-order valence-electron chi connectivity index (χ0n) is 16.1. The van der Waals surface area contributed by atoms with Gasteiger partial charge in [-0.2, -0.15) is 0 Å². The quantitative estimate of drug-likeness (QED) is 0.779. The fourth-order valence-electron chi connectivity index (χ4n) is 3.34. The fraction of sp³-hybridized carbons (Fsp3) is 0.318. The summed E-state index contributed by atoms with van der Waals surface area (Å²) in [6.07, 6.45) is 0.198. The summed E-state index contributed by atoms with van der Waals surface area (Å²) >= 11 is 0. The van der Waals surface area contributed by atoms with Crippen molar-refractivity contribution < 1.29 is 19.1 Å². The maximum atomic E-state index is 12.6. The molecule has 6 heteroatoms. The molecule has 2 atom stereocenters. The minimum absolute atomic E-state index is 0.0193. The third-order valence-electron chi connectivity index (χ3n) is 4.94. The number of nitrogens with zero attached hydrogens (tertiary/aromatic N) is 1. The van der Waals surface area contributed by atoms with Gasteiger partial charge in [-0.15, -0.1) is 0 Å². The van der Waals surface area contributed by atoms with Crippen LogP contribution in [-0.4, -0.2) is 35.8 Å². The van der Waals surface area contributed by atoms with Gasteiger partial charge in [-0.05, 0) is 43.7 Å². The monoisotopic (exact) mass is 380 g/mol. The molecule has 2 aromatic carbocycles. The maximum absolute atomic E-state index is 12.6. The van der Waals surface area contributed by atoms with Gasteiger partial charge in [0.1, 0.15) is 0 Å². The van der Waals surface area contributed by atoms with Crippen LogP contribution in [0.15, 0.2) is 54.6 Å². The van der Waals surface area contributed by atoms with Crippen LogP contribution in [0.3, 0.4) is 0 Å². The third-order valence-corrected chi connectivity index (χ3v) is 4.94. The average molecular weight is 380 g/mol. The molecule has 1 saturated heterocycles. The first kappa shape index (κ1) is 19.6. The number of benzene rings is 2. The number of carbonyl (C=O) groups excluding carboxylic acids is 3. The summed E-state index contributed by atoms with van der Waals surface area (Å²) in [5.41, 5.74) is 2.06. The van der Waals surface area contributed by atoms with Gasteiger partial charge in [-0.3, -0.25) is 9.59 Å². The highest BCUT2D eigenvalue weighted by molar-refractivity contribution is 5.97. The Balaban J connectivity index is 1.61. The van der Waals surface area contributed by atoms with Gasteiger partial charge < -0.3 is 15.0 Å². The van der Waals surface area contributed by atoms with E-state index in [2.05, 4.69) is 5.32 Å². The van der Waals surface area contributed by atoms with Crippen LogP contribution in [0, 0.1) is 5.92 Å². The summed E-state index contributed by atoms with van der Waals surface area (Å²) < 4.78 is 4.94. The molecule has 0 saturated carbocycles. The van der Waals surface area contributed by atoms with Crippen molar-refractivity contribution in [2.24, 2.45) is 5.92 Å². The molecule has 6 nitrogen and oxygen atoms in total. The van der Waals surface area contributed by atoms with Crippen molar-refractivity contribution in [3.05, 3.63) is 65.7 Å². The normalized spacial score (nSPS) is 17.3. The molecular formula is C22H24N2O4. The number of hydrogen-bond donors (Lipinski definition) is 1. The molecule has 1 aliphatic rings. The molecule has 3 rings (SSSR count). The second kappa shape index (κ2) is 8.69. The first-order valence-corrected chi connectivity index (χ1v) is 9.42. The highest BCUT2D eigenvalue weighted by atomic mass is 16.5. The van der Waals surface area contributed by atoms with Crippen molar-refractivity contribution in [3.8, 4) is 0 Å². The van der Waals surface area contributed by atoms with Gasteiger partial charge >= 0.3 is 5.97 Å². The highest BCUT2D eigenvalue weighted by Gasteiger charge is 2.37. The van der Waals surface area contributed by atoms with Crippen LogP contribution >= 0.6 is 0 Å². The Morgan fingerprint density at radius 1 is 1.14 bits per heavy atom. The van der Waals surface area contributed by atoms with E-state index in [4.69, 9.17) is 4.74 Å². The van der Waals surface area contributed by atoms with E-state index in [-0.39, 0.29) is 24.3 Å². The number of amides is 2. The van der Waals surface area contributed by atoms with Crippen LogP contribution in [0.4, 0.5) is 5.69 Å². The smallest absolute Gasteiger partial charge is 0.338 e. The summed E-state index contributed by atoms with van der Waals surface area (Å²) in [7, 11) is 0. The van der Waals surface area contributed by atoms with E-state index < -0.39 is 11.9 Å². The zero-order chi connectivity index (χ0) is 20.1. The SMILES string of the molecule is CCOC(=O)c1ccc(NC(=O)[C@@H]2CC(=O)N([C@H](C)c3ccccc3)C2)cc1. The summed E-state index contributed by atoms with van der Waals surface area (Å²) in [4.78, 5) is 38.5. The molecule has 1 N–H and O–H groups in total. The summed E-state index contributed by atoms with van der Waals surface area (Å²) in [5.74, 6) is -1.01. The van der Waals surface area contributed by atoms with E-state index >= 15 is 0 Å². The number of esters is 1. The van der Waals surface area contributed by atoms with Crippen LogP contribution in [-0.2, 0) is 14.3 Å². The van der Waals surface area contributed by atoms with E-state index in [1.807, 2.05) is 37.3 Å². The van der Waals surface area contributed by atoms with E-state index in [0.717, 1.165) is 5.56 Å². The molecule has 1 aliphatic heterocycles. The lowest BCUT2D eigenvalue weighted by Crippen LogP contribution is -2.30. The number of anilines is 1. The fourth-order valence-corrected chi connectivity index (χ4v) is 3.34. The van der Waals surface area contributed by atoms with E-state index in [0.29, 0.717) is 24.4 Å². The Morgan fingerprint density at radius 2 is 1.82 bits per heavy atom. The lowest BCUT2D eigenvalue weighted by Gasteiger charge is -2.25. The molecular weight excluding hydrogens is 356 g/mol. The third kappa shape index (κ3) is 4.39. The van der Waals surface area contributed by atoms with Crippen molar-refractivity contribution in [1.29, 1.82) is 0 Å². The van der Waals surface area contributed by atoms with Crippen molar-refractivity contribution in [3.63, 3.8) is 0 Å². The predicted octanol–water partition coefficient (Wildman–Crippen LogP) is 3.41. The maximum Gasteiger partial charge on any atom is 0.338 e. The van der Waals surface area contributed by atoms with Gasteiger partial charge in [0, 0.05) is 18.7 Å². The van der Waals surface area contributed by atoms with Crippen molar-refractivity contribution >= 4 is 23.5 Å². The van der Waals surface area contributed by atoms with Gasteiger partial charge in [0.2, 0.25) is 11.8 Å². The van der Waals surface area contributed by atoms with Gasteiger partial charge in [0.25, 0.3) is 0 Å². The molecule has 146 valence electrons. The summed E-state index contributed by atoms with van der Waals surface area (Å²) in [6.45, 7) is 4.42. The number of hydrogen-bond acceptors (Lipinski definition) is 4. The zero-order valence-corrected chi connectivity index (χ0v) is 16.1.